The number of nitrogens with zero attached hydrogens (tertiary/aromatic N) is 1. The van der Waals surface area contributed by atoms with Crippen molar-refractivity contribution >= 4 is 0 Å². The van der Waals surface area contributed by atoms with E-state index in [4.69, 9.17) is 9.47 Å². The van der Waals surface area contributed by atoms with Crippen molar-refractivity contribution in [3.63, 3.8) is 0 Å². The molecular weight excluding hydrogens is 357 g/mol. The zero-order valence-corrected chi connectivity index (χ0v) is 15.4. The van der Waals surface area contributed by atoms with Gasteiger partial charge in [-0.1, -0.05) is 48.5 Å². The van der Waals surface area contributed by atoms with Gasteiger partial charge in [-0.15, -0.1) is 0 Å². The van der Waals surface area contributed by atoms with Crippen molar-refractivity contribution in [1.29, 1.82) is 0 Å². The van der Waals surface area contributed by atoms with E-state index in [2.05, 4.69) is 4.90 Å². The van der Waals surface area contributed by atoms with Gasteiger partial charge < -0.3 is 14.6 Å². The first-order valence-electron chi connectivity index (χ1n) is 9.26. The Hall–Kier alpha value is -2.89. The molecular formula is C23H22FNO3. The second kappa shape index (κ2) is 8.42. The number of halogens is 1. The Bertz CT molecular complexity index is 915. The summed E-state index contributed by atoms with van der Waals surface area (Å²) in [6.45, 7) is 1.91. The molecule has 0 aliphatic carbocycles. The van der Waals surface area contributed by atoms with E-state index < -0.39 is 6.10 Å². The highest BCUT2D eigenvalue weighted by Gasteiger charge is 2.17. The number of rotatable bonds is 7. The van der Waals surface area contributed by atoms with Crippen LogP contribution in [0.2, 0.25) is 0 Å². The maximum Gasteiger partial charge on any atom is 0.231 e. The molecule has 1 heterocycles. The van der Waals surface area contributed by atoms with Gasteiger partial charge in [0.25, 0.3) is 0 Å². The molecule has 0 fully saturated rings. The van der Waals surface area contributed by atoms with Crippen LogP contribution >= 0.6 is 0 Å². The van der Waals surface area contributed by atoms with Gasteiger partial charge in [-0.3, -0.25) is 4.90 Å². The number of aliphatic hydroxyl groups is 1. The number of aliphatic hydroxyl groups excluding tert-OH is 1. The third kappa shape index (κ3) is 4.50. The van der Waals surface area contributed by atoms with Crippen molar-refractivity contribution < 1.29 is 19.0 Å². The van der Waals surface area contributed by atoms with Gasteiger partial charge in [-0.25, -0.2) is 4.39 Å². The summed E-state index contributed by atoms with van der Waals surface area (Å²) >= 11 is 0. The fraction of sp³-hybridized carbons (Fsp3) is 0.217. The zero-order chi connectivity index (χ0) is 19.3. The zero-order valence-electron chi connectivity index (χ0n) is 15.4. The van der Waals surface area contributed by atoms with E-state index in [-0.39, 0.29) is 12.6 Å². The summed E-state index contributed by atoms with van der Waals surface area (Å²) in [6, 6.07) is 21.9. The van der Waals surface area contributed by atoms with Crippen LogP contribution in [0.1, 0.15) is 22.8 Å². The molecule has 0 spiro atoms. The third-order valence-electron chi connectivity index (χ3n) is 4.78. The quantitative estimate of drug-likeness (QED) is 0.665. The van der Waals surface area contributed by atoms with Crippen molar-refractivity contribution in [2.75, 3.05) is 13.3 Å². The van der Waals surface area contributed by atoms with Gasteiger partial charge in [-0.2, -0.15) is 0 Å². The summed E-state index contributed by atoms with van der Waals surface area (Å²) in [7, 11) is 0. The summed E-state index contributed by atoms with van der Waals surface area (Å²) in [4.78, 5) is 2.14. The maximum atomic E-state index is 13.3. The van der Waals surface area contributed by atoms with Crippen LogP contribution < -0.4 is 9.47 Å². The van der Waals surface area contributed by atoms with Gasteiger partial charge >= 0.3 is 0 Å². The minimum Gasteiger partial charge on any atom is -0.454 e. The molecule has 144 valence electrons. The molecule has 1 atom stereocenters. The number of hydrogen-bond donors (Lipinski definition) is 1. The average molecular weight is 379 g/mol. The summed E-state index contributed by atoms with van der Waals surface area (Å²) in [6.07, 6.45) is -0.615. The molecule has 3 aromatic carbocycles. The third-order valence-corrected chi connectivity index (χ3v) is 4.78. The predicted molar refractivity (Wildman–Crippen MR) is 104 cm³/mol. The number of fused-ring (bicyclic) bond motifs is 1. The number of hydrogen-bond acceptors (Lipinski definition) is 4. The van der Waals surface area contributed by atoms with Gasteiger partial charge in [0.15, 0.2) is 11.5 Å². The van der Waals surface area contributed by atoms with Crippen LogP contribution in [0.3, 0.4) is 0 Å². The first-order chi connectivity index (χ1) is 13.7. The minimum atomic E-state index is -0.615. The van der Waals surface area contributed by atoms with Crippen LogP contribution in [0.15, 0.2) is 72.8 Å². The molecule has 0 aromatic heterocycles. The molecule has 0 saturated carbocycles. The van der Waals surface area contributed by atoms with Gasteiger partial charge in [-0.05, 0) is 41.0 Å². The summed E-state index contributed by atoms with van der Waals surface area (Å²) < 4.78 is 24.1. The molecule has 0 bridgehead atoms. The van der Waals surface area contributed by atoms with Crippen molar-refractivity contribution in [2.45, 2.75) is 19.2 Å². The van der Waals surface area contributed by atoms with Gasteiger partial charge in [0.1, 0.15) is 5.82 Å². The monoisotopic (exact) mass is 379 g/mol. The first kappa shape index (κ1) is 18.5. The average Bonchev–Trinajstić information content (AvgIpc) is 3.18. The molecule has 0 amide bonds. The Balaban J connectivity index is 1.52. The van der Waals surface area contributed by atoms with E-state index in [1.165, 1.54) is 12.1 Å². The number of benzene rings is 3. The van der Waals surface area contributed by atoms with E-state index in [9.17, 15) is 9.50 Å². The Kier molecular flexibility index (Phi) is 5.55. The van der Waals surface area contributed by atoms with Crippen LogP contribution in [0.4, 0.5) is 4.39 Å². The van der Waals surface area contributed by atoms with Crippen LogP contribution in [-0.2, 0) is 13.1 Å². The van der Waals surface area contributed by atoms with Gasteiger partial charge in [0.2, 0.25) is 6.79 Å². The lowest BCUT2D eigenvalue weighted by atomic mass is 10.1. The van der Waals surface area contributed by atoms with Crippen LogP contribution in [0.5, 0.6) is 11.5 Å². The molecule has 1 aliphatic rings. The van der Waals surface area contributed by atoms with E-state index in [0.29, 0.717) is 19.6 Å². The van der Waals surface area contributed by atoms with E-state index >= 15 is 0 Å². The first-order valence-corrected chi connectivity index (χ1v) is 9.26. The van der Waals surface area contributed by atoms with Crippen LogP contribution in [0.25, 0.3) is 0 Å². The van der Waals surface area contributed by atoms with Crippen LogP contribution in [0, 0.1) is 5.82 Å². The highest BCUT2D eigenvalue weighted by atomic mass is 19.1. The van der Waals surface area contributed by atoms with E-state index in [1.54, 1.807) is 12.1 Å². The van der Waals surface area contributed by atoms with Crippen LogP contribution in [-0.4, -0.2) is 23.3 Å². The maximum absolute atomic E-state index is 13.3. The Labute approximate surface area is 163 Å². The van der Waals surface area contributed by atoms with Gasteiger partial charge in [0, 0.05) is 19.6 Å². The lowest BCUT2D eigenvalue weighted by Crippen LogP contribution is -2.28. The second-order valence-corrected chi connectivity index (χ2v) is 6.91. The summed E-state index contributed by atoms with van der Waals surface area (Å²) in [5, 5.41) is 10.7. The molecule has 4 rings (SSSR count). The molecule has 28 heavy (non-hydrogen) atoms. The smallest absolute Gasteiger partial charge is 0.231 e. The second-order valence-electron chi connectivity index (χ2n) is 6.91. The number of ether oxygens (including phenoxy) is 2. The van der Waals surface area contributed by atoms with E-state index in [1.807, 2.05) is 48.5 Å². The molecule has 5 heteroatoms. The summed E-state index contributed by atoms with van der Waals surface area (Å²) in [5.74, 6) is 1.23. The summed E-state index contributed by atoms with van der Waals surface area (Å²) in [5.41, 5.74) is 2.92. The molecule has 0 saturated heterocycles. The fourth-order valence-electron chi connectivity index (χ4n) is 3.36. The Morgan fingerprint density at radius 2 is 1.54 bits per heavy atom. The topological polar surface area (TPSA) is 41.9 Å². The predicted octanol–water partition coefficient (Wildman–Crippen LogP) is 4.29. The molecule has 3 aromatic rings. The van der Waals surface area contributed by atoms with Gasteiger partial charge in [0.05, 0.1) is 6.10 Å². The van der Waals surface area contributed by atoms with E-state index in [0.717, 1.165) is 28.2 Å². The Morgan fingerprint density at radius 3 is 2.32 bits per heavy atom. The lowest BCUT2D eigenvalue weighted by Gasteiger charge is -2.25. The highest BCUT2D eigenvalue weighted by molar-refractivity contribution is 5.44. The molecule has 4 nitrogen and oxygen atoms in total. The Morgan fingerprint density at radius 1 is 0.857 bits per heavy atom. The largest absolute Gasteiger partial charge is 0.454 e. The van der Waals surface area contributed by atoms with Crippen molar-refractivity contribution in [3.8, 4) is 11.5 Å². The highest BCUT2D eigenvalue weighted by Crippen LogP contribution is 2.33. The molecule has 1 N–H and O–H groups in total. The molecule has 0 radical (unpaired) electrons. The van der Waals surface area contributed by atoms with Crippen molar-refractivity contribution in [1.82, 2.24) is 4.90 Å². The normalized spacial score (nSPS) is 13.7. The molecule has 1 unspecified atom stereocenters. The minimum absolute atomic E-state index is 0.241. The standard InChI is InChI=1S/C23H22FNO3/c24-20-9-6-17(7-10-20)13-25(15-21(26)19-4-2-1-3-5-19)14-18-8-11-22-23(12-18)28-16-27-22/h1-12,21,26H,13-16H2. The SMILES string of the molecule is OC(CN(Cc1ccc(F)cc1)Cc1ccc2c(c1)OCO2)c1ccccc1. The molecule has 1 aliphatic heterocycles. The lowest BCUT2D eigenvalue weighted by molar-refractivity contribution is 0.105. The fourth-order valence-corrected chi connectivity index (χ4v) is 3.36. The van der Waals surface area contributed by atoms with Crippen molar-refractivity contribution in [2.24, 2.45) is 0 Å². The van der Waals surface area contributed by atoms with Crippen molar-refractivity contribution in [3.05, 3.63) is 95.3 Å².